The molecule has 0 saturated carbocycles. The van der Waals surface area contributed by atoms with Crippen LogP contribution in [0.5, 0.6) is 5.88 Å². The number of hydrogen-bond acceptors (Lipinski definition) is 6. The number of amidine groups is 1. The number of nitrogens with zero attached hydrogens (tertiary/aromatic N) is 1. The molecule has 3 N–H and O–H groups in total. The van der Waals surface area contributed by atoms with Crippen molar-refractivity contribution in [2.24, 2.45) is 5.73 Å². The Labute approximate surface area is 128 Å². The highest BCUT2D eigenvalue weighted by Crippen LogP contribution is 2.24. The summed E-state index contributed by atoms with van der Waals surface area (Å²) in [7, 11) is 1.62. The maximum atomic E-state index is 7.37. The van der Waals surface area contributed by atoms with Crippen molar-refractivity contribution in [2.75, 3.05) is 46.8 Å². The minimum atomic E-state index is -0.128. The van der Waals surface area contributed by atoms with Gasteiger partial charge >= 0.3 is 0 Å². The topological polar surface area (TPSA) is 99.7 Å². The van der Waals surface area contributed by atoms with E-state index in [0.29, 0.717) is 45.2 Å². The Kier molecular flexibility index (Phi) is 8.68. The van der Waals surface area contributed by atoms with Crippen molar-refractivity contribution in [1.82, 2.24) is 4.98 Å². The van der Waals surface area contributed by atoms with Crippen molar-refractivity contribution in [3.63, 3.8) is 0 Å². The van der Waals surface area contributed by atoms with Gasteiger partial charge in [0.2, 0.25) is 5.88 Å². The molecule has 1 rings (SSSR count). The van der Waals surface area contributed by atoms with Gasteiger partial charge in [-0.3, -0.25) is 5.41 Å². The van der Waals surface area contributed by atoms with Gasteiger partial charge in [0.15, 0.2) is 0 Å². The average Bonchev–Trinajstić information content (AvgIpc) is 2.46. The van der Waals surface area contributed by atoms with Gasteiger partial charge in [0, 0.05) is 18.9 Å². The zero-order valence-corrected chi connectivity index (χ0v) is 12.7. The molecular formula is C13H20ClN3O4. The first-order chi connectivity index (χ1) is 10.2. The highest BCUT2D eigenvalue weighted by Gasteiger charge is 2.10. The number of pyridine rings is 1. The molecule has 8 heteroatoms. The number of halogens is 1. The highest BCUT2D eigenvalue weighted by molar-refractivity contribution is 6.35. The lowest BCUT2D eigenvalue weighted by Gasteiger charge is -2.10. The molecule has 1 aromatic rings. The van der Waals surface area contributed by atoms with E-state index in [2.05, 4.69) is 4.98 Å². The smallest absolute Gasteiger partial charge is 0.233 e. The summed E-state index contributed by atoms with van der Waals surface area (Å²) in [6.07, 6.45) is 1.49. The quantitative estimate of drug-likeness (QED) is 0.360. The fourth-order valence-electron chi connectivity index (χ4n) is 1.39. The summed E-state index contributed by atoms with van der Waals surface area (Å²) in [5.41, 5.74) is 5.79. The van der Waals surface area contributed by atoms with Gasteiger partial charge in [-0.05, 0) is 6.07 Å². The zero-order valence-electron chi connectivity index (χ0n) is 11.9. The first-order valence-electron chi connectivity index (χ1n) is 6.43. The normalized spacial score (nSPS) is 10.6. The van der Waals surface area contributed by atoms with E-state index in [-0.39, 0.29) is 16.7 Å². The van der Waals surface area contributed by atoms with Crippen LogP contribution in [0.4, 0.5) is 0 Å². The van der Waals surface area contributed by atoms with Crippen LogP contribution in [0.15, 0.2) is 12.3 Å². The van der Waals surface area contributed by atoms with Gasteiger partial charge in [0.1, 0.15) is 17.5 Å². The molecule has 0 amide bonds. The molecule has 0 aliphatic rings. The van der Waals surface area contributed by atoms with E-state index in [1.165, 1.54) is 6.20 Å². The first-order valence-corrected chi connectivity index (χ1v) is 6.80. The maximum absolute atomic E-state index is 7.37. The third-order valence-electron chi connectivity index (χ3n) is 2.42. The van der Waals surface area contributed by atoms with Crippen molar-refractivity contribution in [1.29, 1.82) is 5.41 Å². The summed E-state index contributed by atoms with van der Waals surface area (Å²) < 4.78 is 20.8. The molecule has 7 nitrogen and oxygen atoms in total. The highest BCUT2D eigenvalue weighted by atomic mass is 35.5. The molecule has 118 valence electrons. The second kappa shape index (κ2) is 10.3. The summed E-state index contributed by atoms with van der Waals surface area (Å²) in [6.45, 7) is 2.78. The second-order valence-corrected chi connectivity index (χ2v) is 4.34. The van der Waals surface area contributed by atoms with Crippen LogP contribution in [0.3, 0.4) is 0 Å². The van der Waals surface area contributed by atoms with Crippen molar-refractivity contribution in [3.05, 3.63) is 22.8 Å². The first kappa shape index (κ1) is 17.6. The predicted octanol–water partition coefficient (Wildman–Crippen LogP) is 1.08. The minimum absolute atomic E-state index is 0.128. The van der Waals surface area contributed by atoms with E-state index in [0.717, 1.165) is 0 Å². The molecule has 0 aliphatic carbocycles. The average molecular weight is 318 g/mol. The van der Waals surface area contributed by atoms with Gasteiger partial charge in [-0.2, -0.15) is 0 Å². The van der Waals surface area contributed by atoms with Crippen molar-refractivity contribution in [2.45, 2.75) is 0 Å². The molecule has 1 heterocycles. The Morgan fingerprint density at radius 3 is 2.43 bits per heavy atom. The van der Waals surface area contributed by atoms with E-state index < -0.39 is 0 Å². The molecule has 0 aliphatic heterocycles. The van der Waals surface area contributed by atoms with Gasteiger partial charge in [-0.25, -0.2) is 4.98 Å². The van der Waals surface area contributed by atoms with Gasteiger partial charge < -0.3 is 24.7 Å². The van der Waals surface area contributed by atoms with Crippen LogP contribution < -0.4 is 10.5 Å². The van der Waals surface area contributed by atoms with E-state index >= 15 is 0 Å². The number of nitrogen functional groups attached to an aromatic ring is 1. The molecule has 0 spiro atoms. The van der Waals surface area contributed by atoms with Crippen LogP contribution in [0.25, 0.3) is 0 Å². The Morgan fingerprint density at radius 1 is 1.19 bits per heavy atom. The standard InChI is InChI=1S/C13H20ClN3O4/c1-18-4-5-19-6-7-20-8-9-21-13-11(14)10(12(15)16)2-3-17-13/h2-3H,4-9H2,1H3,(H3,15,16). The third-order valence-corrected chi connectivity index (χ3v) is 2.78. The number of nitrogens with one attached hydrogen (secondary N) is 1. The maximum Gasteiger partial charge on any atom is 0.233 e. The minimum Gasteiger partial charge on any atom is -0.474 e. The Morgan fingerprint density at radius 2 is 1.81 bits per heavy atom. The molecule has 1 aromatic heterocycles. The summed E-state index contributed by atoms with van der Waals surface area (Å²) in [5, 5.41) is 7.60. The van der Waals surface area contributed by atoms with Crippen molar-refractivity contribution < 1.29 is 18.9 Å². The molecule has 0 fully saturated rings. The van der Waals surface area contributed by atoms with Crippen LogP contribution in [0.2, 0.25) is 5.02 Å². The SMILES string of the molecule is COCCOCCOCCOc1nccc(C(=N)N)c1Cl. The van der Waals surface area contributed by atoms with E-state index in [4.69, 9.17) is 41.7 Å². The monoisotopic (exact) mass is 317 g/mol. The van der Waals surface area contributed by atoms with Crippen molar-refractivity contribution in [3.8, 4) is 5.88 Å². The molecule has 0 saturated heterocycles. The van der Waals surface area contributed by atoms with Crippen LogP contribution in [-0.2, 0) is 14.2 Å². The summed E-state index contributed by atoms with van der Waals surface area (Å²) in [5.74, 6) is 0.112. The van der Waals surface area contributed by atoms with Crippen LogP contribution >= 0.6 is 11.6 Å². The molecule has 0 radical (unpaired) electrons. The van der Waals surface area contributed by atoms with Gasteiger partial charge in [-0.1, -0.05) is 11.6 Å². The molecule has 21 heavy (non-hydrogen) atoms. The lowest BCUT2D eigenvalue weighted by atomic mass is 10.2. The number of hydrogen-bond donors (Lipinski definition) is 2. The van der Waals surface area contributed by atoms with Gasteiger partial charge in [0.25, 0.3) is 0 Å². The molecule has 0 atom stereocenters. The lowest BCUT2D eigenvalue weighted by molar-refractivity contribution is 0.0176. The summed E-state index contributed by atoms with van der Waals surface area (Å²) >= 11 is 6.03. The molecule has 0 aromatic carbocycles. The van der Waals surface area contributed by atoms with Gasteiger partial charge in [-0.15, -0.1) is 0 Å². The number of aromatic nitrogens is 1. The van der Waals surface area contributed by atoms with Crippen molar-refractivity contribution >= 4 is 17.4 Å². The van der Waals surface area contributed by atoms with Crippen LogP contribution in [0, 0.1) is 5.41 Å². The number of nitrogens with two attached hydrogens (primary N) is 1. The lowest BCUT2D eigenvalue weighted by Crippen LogP contribution is -2.14. The van der Waals surface area contributed by atoms with E-state index in [9.17, 15) is 0 Å². The molecular weight excluding hydrogens is 298 g/mol. The summed E-state index contributed by atoms with van der Waals surface area (Å²) in [4.78, 5) is 3.99. The molecule has 0 bridgehead atoms. The Hall–Kier alpha value is -1.41. The number of rotatable bonds is 11. The van der Waals surface area contributed by atoms with E-state index in [1.54, 1.807) is 13.2 Å². The predicted molar refractivity (Wildman–Crippen MR) is 79.3 cm³/mol. The zero-order chi connectivity index (χ0) is 15.5. The largest absolute Gasteiger partial charge is 0.474 e. The Balaban J connectivity index is 2.19. The number of methoxy groups -OCH3 is 1. The fraction of sp³-hybridized carbons (Fsp3) is 0.538. The number of ether oxygens (including phenoxy) is 4. The fourth-order valence-corrected chi connectivity index (χ4v) is 1.66. The Bertz CT molecular complexity index is 445. The van der Waals surface area contributed by atoms with Crippen LogP contribution in [-0.4, -0.2) is 57.6 Å². The van der Waals surface area contributed by atoms with E-state index in [1.807, 2.05) is 0 Å². The summed E-state index contributed by atoms with van der Waals surface area (Å²) in [6, 6.07) is 1.56. The second-order valence-electron chi connectivity index (χ2n) is 3.96. The third kappa shape index (κ3) is 6.72. The van der Waals surface area contributed by atoms with Gasteiger partial charge in [0.05, 0.1) is 33.0 Å². The molecule has 0 unspecified atom stereocenters. The van der Waals surface area contributed by atoms with Crippen LogP contribution in [0.1, 0.15) is 5.56 Å².